The lowest BCUT2D eigenvalue weighted by Crippen LogP contribution is -2.79. The minimum Gasteiger partial charge on any atom is -0.481 e. The summed E-state index contributed by atoms with van der Waals surface area (Å²) in [6.07, 6.45) is -0.277. The molecule has 1 unspecified atom stereocenters. The van der Waals surface area contributed by atoms with Crippen LogP contribution in [-0.4, -0.2) is 85.5 Å². The number of carbonyl (C=O) groups excluding carboxylic acids is 5. The number of carboxylic acid groups (broad SMARTS) is 1. The first-order valence-corrected chi connectivity index (χ1v) is 11.9. The summed E-state index contributed by atoms with van der Waals surface area (Å²) in [4.78, 5) is 82.0. The van der Waals surface area contributed by atoms with E-state index in [1.807, 2.05) is 0 Å². The number of nitrogens with two attached hydrogens (primary N) is 1. The van der Waals surface area contributed by atoms with Gasteiger partial charge in [-0.3, -0.25) is 43.5 Å². The van der Waals surface area contributed by atoms with Crippen LogP contribution in [0.15, 0.2) is 24.3 Å². The quantitative estimate of drug-likeness (QED) is 0.473. The highest BCUT2D eigenvalue weighted by molar-refractivity contribution is 6.23. The number of likely N-dealkylation sites (tertiary alicyclic amines) is 1. The zero-order chi connectivity index (χ0) is 27.2. The normalized spacial score (nSPS) is 21.0. The van der Waals surface area contributed by atoms with Gasteiger partial charge in [0.15, 0.2) is 0 Å². The van der Waals surface area contributed by atoms with Crippen LogP contribution in [-0.2, 0) is 19.2 Å². The van der Waals surface area contributed by atoms with Gasteiger partial charge in [0.2, 0.25) is 11.8 Å². The number of hydrogen-bond acceptors (Lipinski definition) is 7. The van der Waals surface area contributed by atoms with Gasteiger partial charge in [-0.15, -0.1) is 0 Å². The third kappa shape index (κ3) is 3.60. The Balaban J connectivity index is 2.15. The Morgan fingerprint density at radius 2 is 1.58 bits per heavy atom. The minimum absolute atomic E-state index is 0.0843. The Kier molecular flexibility index (Phi) is 7.09. The van der Waals surface area contributed by atoms with Crippen molar-refractivity contribution in [1.29, 1.82) is 0 Å². The molecule has 2 aliphatic rings. The van der Waals surface area contributed by atoms with E-state index in [4.69, 9.17) is 5.73 Å². The molecule has 5 amide bonds. The molecule has 0 aliphatic carbocycles. The third-order valence-corrected chi connectivity index (χ3v) is 7.65. The number of carboxylic acids is 1. The lowest BCUT2D eigenvalue weighted by molar-refractivity contribution is -0.178. The molecule has 2 heterocycles. The number of imide groups is 2. The van der Waals surface area contributed by atoms with Gasteiger partial charge in [0.05, 0.1) is 22.6 Å². The maximum Gasteiger partial charge on any atom is 0.308 e. The van der Waals surface area contributed by atoms with Gasteiger partial charge in [-0.1, -0.05) is 26.0 Å². The summed E-state index contributed by atoms with van der Waals surface area (Å²) < 4.78 is 0. The van der Waals surface area contributed by atoms with Crippen molar-refractivity contribution in [1.82, 2.24) is 14.7 Å². The van der Waals surface area contributed by atoms with Crippen LogP contribution < -0.4 is 5.73 Å². The number of nitrogens with zero attached hydrogens (tertiary/aromatic N) is 3. The second-order valence-corrected chi connectivity index (χ2v) is 9.57. The molecular formula is C25H32N4O7. The number of carbonyl (C=O) groups is 6. The van der Waals surface area contributed by atoms with Gasteiger partial charge in [0.1, 0.15) is 11.6 Å². The van der Waals surface area contributed by atoms with E-state index in [0.29, 0.717) is 0 Å². The summed E-state index contributed by atoms with van der Waals surface area (Å²) in [5.74, 6) is -6.55. The third-order valence-electron chi connectivity index (χ3n) is 7.65. The maximum absolute atomic E-state index is 13.9. The molecule has 3 atom stereocenters. The van der Waals surface area contributed by atoms with E-state index >= 15 is 0 Å². The molecule has 36 heavy (non-hydrogen) atoms. The van der Waals surface area contributed by atoms with Crippen LogP contribution in [0.5, 0.6) is 0 Å². The molecule has 11 nitrogen and oxygen atoms in total. The Morgan fingerprint density at radius 3 is 2.00 bits per heavy atom. The first-order chi connectivity index (χ1) is 16.8. The first kappa shape index (κ1) is 27.0. The monoisotopic (exact) mass is 500 g/mol. The van der Waals surface area contributed by atoms with E-state index in [1.54, 1.807) is 30.9 Å². The van der Waals surface area contributed by atoms with Crippen molar-refractivity contribution >= 4 is 35.5 Å². The number of primary amides is 1. The number of piperidine rings is 1. The molecular weight excluding hydrogens is 468 g/mol. The second kappa shape index (κ2) is 9.45. The summed E-state index contributed by atoms with van der Waals surface area (Å²) in [6.45, 7) is 8.01. The molecule has 1 aromatic carbocycles. The smallest absolute Gasteiger partial charge is 0.308 e. The number of benzene rings is 1. The van der Waals surface area contributed by atoms with Crippen molar-refractivity contribution in [3.05, 3.63) is 35.4 Å². The van der Waals surface area contributed by atoms with E-state index in [2.05, 4.69) is 0 Å². The van der Waals surface area contributed by atoms with Crippen molar-refractivity contribution in [3.63, 3.8) is 0 Å². The average molecular weight is 501 g/mol. The predicted octanol–water partition coefficient (Wildman–Crippen LogP) is 0.865. The molecule has 0 bridgehead atoms. The maximum atomic E-state index is 13.9. The van der Waals surface area contributed by atoms with E-state index in [0.717, 1.165) is 9.80 Å². The molecule has 194 valence electrons. The van der Waals surface area contributed by atoms with Gasteiger partial charge in [0.25, 0.3) is 17.7 Å². The summed E-state index contributed by atoms with van der Waals surface area (Å²) in [6, 6.07) is 4.89. The molecule has 11 heteroatoms. The number of hydrogen-bond donors (Lipinski definition) is 2. The topological polar surface area (TPSA) is 158 Å². The largest absolute Gasteiger partial charge is 0.481 e. The van der Waals surface area contributed by atoms with E-state index in [-0.39, 0.29) is 37.1 Å². The number of amides is 5. The lowest BCUT2D eigenvalue weighted by Gasteiger charge is -2.57. The molecule has 1 aromatic rings. The fourth-order valence-corrected chi connectivity index (χ4v) is 6.02. The minimum atomic E-state index is -1.99. The molecule has 0 aromatic heterocycles. The highest BCUT2D eigenvalue weighted by Gasteiger charge is 2.65. The lowest BCUT2D eigenvalue weighted by atomic mass is 9.67. The van der Waals surface area contributed by atoms with Crippen LogP contribution in [0.3, 0.4) is 0 Å². The zero-order valence-corrected chi connectivity index (χ0v) is 21.1. The Labute approximate surface area is 209 Å². The average Bonchev–Trinajstić information content (AvgIpc) is 3.06. The summed E-state index contributed by atoms with van der Waals surface area (Å²) in [5.41, 5.74) is 2.47. The van der Waals surface area contributed by atoms with Crippen molar-refractivity contribution in [3.8, 4) is 0 Å². The highest BCUT2D eigenvalue weighted by atomic mass is 16.4. The van der Waals surface area contributed by atoms with Crippen molar-refractivity contribution in [2.75, 3.05) is 13.1 Å². The fraction of sp³-hybridized carbons (Fsp3) is 0.520. The summed E-state index contributed by atoms with van der Waals surface area (Å²) in [7, 11) is 0. The van der Waals surface area contributed by atoms with E-state index < -0.39 is 58.5 Å². The van der Waals surface area contributed by atoms with Gasteiger partial charge < -0.3 is 10.8 Å². The molecule has 3 N–H and O–H groups in total. The molecule has 1 fully saturated rings. The fourth-order valence-electron chi connectivity index (χ4n) is 6.02. The van der Waals surface area contributed by atoms with E-state index in [1.165, 1.54) is 32.9 Å². The first-order valence-electron chi connectivity index (χ1n) is 11.9. The van der Waals surface area contributed by atoms with Gasteiger partial charge >= 0.3 is 5.97 Å². The van der Waals surface area contributed by atoms with Crippen LogP contribution >= 0.6 is 0 Å². The van der Waals surface area contributed by atoms with Crippen LogP contribution in [0.1, 0.15) is 68.2 Å². The van der Waals surface area contributed by atoms with Crippen LogP contribution in [0, 0.1) is 5.92 Å². The van der Waals surface area contributed by atoms with Crippen LogP contribution in [0.4, 0.5) is 0 Å². The van der Waals surface area contributed by atoms with E-state index in [9.17, 15) is 33.9 Å². The van der Waals surface area contributed by atoms with Gasteiger partial charge in [-0.05, 0) is 52.4 Å². The van der Waals surface area contributed by atoms with Gasteiger partial charge in [0, 0.05) is 6.42 Å². The molecule has 0 radical (unpaired) electrons. The molecule has 0 spiro atoms. The summed E-state index contributed by atoms with van der Waals surface area (Å²) in [5, 5.41) is 9.97. The molecule has 3 rings (SSSR count). The Hall–Kier alpha value is -3.60. The molecule has 1 saturated heterocycles. The van der Waals surface area contributed by atoms with Crippen LogP contribution in [0.25, 0.3) is 0 Å². The zero-order valence-electron chi connectivity index (χ0n) is 21.1. The number of fused-ring (bicyclic) bond motifs is 1. The Bertz CT molecular complexity index is 1110. The second-order valence-electron chi connectivity index (χ2n) is 9.57. The standard InChI is InChI=1S/C25H32N4O7/c1-6-27(7-2)25(23(26)36,14(3)22(34)35)24(4,5)29-18(30)13-12-17(21(29)33)28-19(31)15-10-8-9-11-16(15)20(28)32/h8-11,14,17H,6-7,12-13H2,1-5H3,(H2,26,36)(H,34,35)/t14?,17-,25+/m0/s1. The number of likely N-dealkylation sites (N-methyl/N-ethyl adjacent to an activating group) is 1. The molecule has 0 saturated carbocycles. The van der Waals surface area contributed by atoms with Crippen molar-refractivity contribution < 1.29 is 33.9 Å². The Morgan fingerprint density at radius 1 is 1.08 bits per heavy atom. The number of aliphatic carboxylic acids is 1. The van der Waals surface area contributed by atoms with Crippen LogP contribution in [0.2, 0.25) is 0 Å². The molecule has 2 aliphatic heterocycles. The van der Waals surface area contributed by atoms with Crippen molar-refractivity contribution in [2.45, 2.75) is 64.6 Å². The SMILES string of the molecule is CCN(CC)[C@@](C(N)=O)(C(C)C(=O)O)C(C)(C)N1C(=O)CC[C@H](N2C(=O)c3ccccc3C2=O)C1=O. The summed E-state index contributed by atoms with van der Waals surface area (Å²) >= 11 is 0. The van der Waals surface area contributed by atoms with Gasteiger partial charge in [-0.25, -0.2) is 0 Å². The number of rotatable bonds is 9. The van der Waals surface area contributed by atoms with Crippen molar-refractivity contribution in [2.24, 2.45) is 11.7 Å². The predicted molar refractivity (Wildman–Crippen MR) is 128 cm³/mol. The van der Waals surface area contributed by atoms with Gasteiger partial charge in [-0.2, -0.15) is 0 Å². The highest BCUT2D eigenvalue weighted by Crippen LogP contribution is 2.43.